The largest absolute Gasteiger partial charge is 0.298 e. The summed E-state index contributed by atoms with van der Waals surface area (Å²) in [6.07, 6.45) is 3.30. The van der Waals surface area contributed by atoms with Gasteiger partial charge in [0.05, 0.1) is 0 Å². The van der Waals surface area contributed by atoms with Crippen LogP contribution < -0.4 is 0 Å². The highest BCUT2D eigenvalue weighted by Gasteiger charge is 2.12. The first-order valence-corrected chi connectivity index (χ1v) is 5.54. The summed E-state index contributed by atoms with van der Waals surface area (Å²) in [6.45, 7) is 0. The van der Waals surface area contributed by atoms with E-state index in [4.69, 9.17) is 0 Å². The van der Waals surface area contributed by atoms with Crippen LogP contribution in [0, 0.1) is 0 Å². The maximum atomic E-state index is 10.6. The van der Waals surface area contributed by atoms with Crippen LogP contribution in [0.2, 0.25) is 0 Å². The van der Waals surface area contributed by atoms with Crippen LogP contribution in [0.25, 0.3) is 11.1 Å². The van der Waals surface area contributed by atoms with E-state index < -0.39 is 0 Å². The minimum atomic E-state index is 0.729. The fourth-order valence-corrected chi connectivity index (χ4v) is 2.13. The number of hydrogen-bond acceptors (Lipinski definition) is 1. The van der Waals surface area contributed by atoms with Crippen LogP contribution >= 0.6 is 0 Å². The Kier molecular flexibility index (Phi) is 2.10. The summed E-state index contributed by atoms with van der Waals surface area (Å²) in [7, 11) is 0. The summed E-state index contributed by atoms with van der Waals surface area (Å²) in [5.41, 5.74) is 6.11. The second-order valence-corrected chi connectivity index (χ2v) is 4.22. The van der Waals surface area contributed by atoms with Gasteiger partial charge in [-0.05, 0) is 35.1 Å². The molecule has 2 aromatic rings. The molecule has 0 saturated carbocycles. The van der Waals surface area contributed by atoms with Crippen molar-refractivity contribution >= 4 is 6.29 Å². The Bertz CT molecular complexity index is 538. The Balaban J connectivity index is 2.01. The van der Waals surface area contributed by atoms with Crippen LogP contribution in [0.15, 0.2) is 42.5 Å². The molecule has 0 saturated heterocycles. The predicted molar refractivity (Wildman–Crippen MR) is 64.7 cm³/mol. The first-order chi connectivity index (χ1) is 7.86. The number of fused-ring (bicyclic) bond motifs is 1. The first-order valence-electron chi connectivity index (χ1n) is 5.54. The predicted octanol–water partition coefficient (Wildman–Crippen LogP) is 3.26. The van der Waals surface area contributed by atoms with Gasteiger partial charge in [-0.1, -0.05) is 42.5 Å². The van der Waals surface area contributed by atoms with E-state index in [0.29, 0.717) is 0 Å². The molecule has 3 rings (SSSR count). The van der Waals surface area contributed by atoms with Crippen LogP contribution in [0.4, 0.5) is 0 Å². The fraction of sp³-hybridized carbons (Fsp3) is 0.133. The number of aldehydes is 1. The molecule has 0 radical (unpaired) electrons. The molecule has 16 heavy (non-hydrogen) atoms. The molecule has 0 spiro atoms. The average molecular weight is 208 g/mol. The molecular weight excluding hydrogens is 196 g/mol. The van der Waals surface area contributed by atoms with Crippen molar-refractivity contribution in [2.75, 3.05) is 0 Å². The number of benzene rings is 2. The van der Waals surface area contributed by atoms with Gasteiger partial charge in [-0.2, -0.15) is 0 Å². The minimum Gasteiger partial charge on any atom is -0.298 e. The second kappa shape index (κ2) is 3.60. The van der Waals surface area contributed by atoms with Gasteiger partial charge >= 0.3 is 0 Å². The number of rotatable bonds is 2. The summed E-state index contributed by atoms with van der Waals surface area (Å²) >= 11 is 0. The van der Waals surface area contributed by atoms with Crippen LogP contribution in [0.1, 0.15) is 21.5 Å². The summed E-state index contributed by atoms with van der Waals surface area (Å²) in [4.78, 5) is 10.6. The lowest BCUT2D eigenvalue weighted by atomic mass is 9.86. The third-order valence-corrected chi connectivity index (χ3v) is 3.25. The molecule has 0 bridgehead atoms. The van der Waals surface area contributed by atoms with Gasteiger partial charge in [0.25, 0.3) is 0 Å². The van der Waals surface area contributed by atoms with Crippen molar-refractivity contribution in [3.8, 4) is 11.1 Å². The Morgan fingerprint density at radius 2 is 1.50 bits per heavy atom. The highest BCUT2D eigenvalue weighted by Crippen LogP contribution is 2.28. The number of carbonyl (C=O) groups is 1. The van der Waals surface area contributed by atoms with Gasteiger partial charge in [-0.3, -0.25) is 4.79 Å². The van der Waals surface area contributed by atoms with Crippen molar-refractivity contribution in [1.82, 2.24) is 0 Å². The van der Waals surface area contributed by atoms with Crippen LogP contribution in [-0.4, -0.2) is 6.29 Å². The molecule has 0 unspecified atom stereocenters. The van der Waals surface area contributed by atoms with Crippen LogP contribution in [0.5, 0.6) is 0 Å². The lowest BCUT2D eigenvalue weighted by molar-refractivity contribution is 0.112. The molecule has 78 valence electrons. The molecule has 0 amide bonds. The first kappa shape index (κ1) is 9.34. The number of aryl methyl sites for hydroxylation is 2. The van der Waals surface area contributed by atoms with Crippen LogP contribution in [0.3, 0.4) is 0 Å². The normalized spacial score (nSPS) is 12.8. The van der Waals surface area contributed by atoms with Crippen molar-refractivity contribution in [3.05, 3.63) is 59.2 Å². The molecule has 1 aliphatic carbocycles. The average Bonchev–Trinajstić information content (AvgIpc) is 2.31. The molecule has 0 N–H and O–H groups in total. The lowest BCUT2D eigenvalue weighted by Gasteiger charge is -2.19. The molecule has 0 aromatic heterocycles. The van der Waals surface area contributed by atoms with E-state index in [9.17, 15) is 4.79 Å². The van der Waals surface area contributed by atoms with Gasteiger partial charge in [0.2, 0.25) is 0 Å². The molecule has 1 aliphatic rings. The molecule has 2 aromatic carbocycles. The van der Waals surface area contributed by atoms with E-state index in [1.165, 1.54) is 35.1 Å². The molecule has 0 heterocycles. The maximum Gasteiger partial charge on any atom is 0.150 e. The quantitative estimate of drug-likeness (QED) is 0.692. The Morgan fingerprint density at radius 3 is 2.06 bits per heavy atom. The Morgan fingerprint density at radius 1 is 0.812 bits per heavy atom. The van der Waals surface area contributed by atoms with Crippen molar-refractivity contribution in [2.45, 2.75) is 12.8 Å². The highest BCUT2D eigenvalue weighted by molar-refractivity contribution is 5.77. The van der Waals surface area contributed by atoms with Crippen molar-refractivity contribution in [1.29, 1.82) is 0 Å². The highest BCUT2D eigenvalue weighted by atomic mass is 16.1. The summed E-state index contributed by atoms with van der Waals surface area (Å²) < 4.78 is 0. The molecule has 0 atom stereocenters. The van der Waals surface area contributed by atoms with Crippen molar-refractivity contribution in [2.24, 2.45) is 0 Å². The minimum absolute atomic E-state index is 0.729. The molecule has 0 fully saturated rings. The second-order valence-electron chi connectivity index (χ2n) is 4.22. The zero-order chi connectivity index (χ0) is 11.0. The zero-order valence-corrected chi connectivity index (χ0v) is 8.94. The maximum absolute atomic E-state index is 10.6. The fourth-order valence-electron chi connectivity index (χ4n) is 2.13. The van der Waals surface area contributed by atoms with Gasteiger partial charge in [0.15, 0.2) is 0 Å². The van der Waals surface area contributed by atoms with Gasteiger partial charge in [-0.25, -0.2) is 0 Å². The van der Waals surface area contributed by atoms with E-state index in [0.717, 1.165) is 11.8 Å². The van der Waals surface area contributed by atoms with Gasteiger partial charge in [-0.15, -0.1) is 0 Å². The number of carbonyl (C=O) groups excluding carboxylic acids is 1. The Hall–Kier alpha value is -1.89. The number of hydrogen-bond donors (Lipinski definition) is 0. The summed E-state index contributed by atoms with van der Waals surface area (Å²) in [5, 5.41) is 0. The third-order valence-electron chi connectivity index (χ3n) is 3.25. The molecular formula is C15H12O. The van der Waals surface area contributed by atoms with E-state index in [1.54, 1.807) is 0 Å². The standard InChI is InChI=1S/C15H12O/c16-10-11-1-3-12(4-2-11)14-7-5-13-6-8-15(13)9-14/h1-5,7,9-10H,6,8H2. The van der Waals surface area contributed by atoms with E-state index in [1.807, 2.05) is 24.3 Å². The van der Waals surface area contributed by atoms with Gasteiger partial charge in [0.1, 0.15) is 6.29 Å². The zero-order valence-electron chi connectivity index (χ0n) is 8.94. The Labute approximate surface area is 94.7 Å². The van der Waals surface area contributed by atoms with Crippen molar-refractivity contribution < 1.29 is 4.79 Å². The monoisotopic (exact) mass is 208 g/mol. The molecule has 0 aliphatic heterocycles. The molecule has 1 heteroatoms. The SMILES string of the molecule is O=Cc1ccc(-c2ccc3c(c2)CC3)cc1. The summed E-state index contributed by atoms with van der Waals surface area (Å²) in [5.74, 6) is 0. The van der Waals surface area contributed by atoms with Gasteiger partial charge in [0, 0.05) is 5.56 Å². The van der Waals surface area contributed by atoms with Crippen LogP contribution in [-0.2, 0) is 12.8 Å². The van der Waals surface area contributed by atoms with E-state index in [2.05, 4.69) is 18.2 Å². The smallest absolute Gasteiger partial charge is 0.150 e. The van der Waals surface area contributed by atoms with E-state index >= 15 is 0 Å². The van der Waals surface area contributed by atoms with Gasteiger partial charge < -0.3 is 0 Å². The lowest BCUT2D eigenvalue weighted by Crippen LogP contribution is -2.07. The molecule has 1 nitrogen and oxygen atoms in total. The third kappa shape index (κ3) is 1.45. The topological polar surface area (TPSA) is 17.1 Å². The van der Waals surface area contributed by atoms with Crippen molar-refractivity contribution in [3.63, 3.8) is 0 Å². The summed E-state index contributed by atoms with van der Waals surface area (Å²) in [6, 6.07) is 14.4. The van der Waals surface area contributed by atoms with E-state index in [-0.39, 0.29) is 0 Å².